The van der Waals surface area contributed by atoms with Gasteiger partial charge in [-0.2, -0.15) is 0 Å². The second-order valence-electron chi connectivity index (χ2n) is 4.08. The molecule has 2 rings (SSSR count). The maximum absolute atomic E-state index is 11.8. The van der Waals surface area contributed by atoms with E-state index in [4.69, 9.17) is 5.73 Å². The van der Waals surface area contributed by atoms with Gasteiger partial charge in [-0.3, -0.25) is 4.79 Å². The number of aromatic nitrogens is 1. The van der Waals surface area contributed by atoms with Crippen LogP contribution in [0.15, 0.2) is 33.5 Å². The number of benzene rings is 1. The molecule has 0 aliphatic carbocycles. The van der Waals surface area contributed by atoms with Crippen molar-refractivity contribution in [3.05, 3.63) is 50.2 Å². The number of carboxylic acid groups (broad SMARTS) is 2. The average molecular weight is 353 g/mol. The second-order valence-corrected chi connectivity index (χ2v) is 4.94. The number of anilines is 1. The van der Waals surface area contributed by atoms with E-state index < -0.39 is 34.4 Å². The van der Waals surface area contributed by atoms with E-state index >= 15 is 0 Å². The monoisotopic (exact) mass is 352 g/mol. The van der Waals surface area contributed by atoms with Crippen LogP contribution in [-0.2, 0) is 0 Å². The number of aromatic amines is 1. The van der Waals surface area contributed by atoms with Crippen molar-refractivity contribution in [1.82, 2.24) is 4.98 Å². The predicted octanol–water partition coefficient (Wildman–Crippen LogP) is 1.78. The highest BCUT2D eigenvalue weighted by Gasteiger charge is 2.27. The summed E-state index contributed by atoms with van der Waals surface area (Å²) in [6.45, 7) is 0. The SMILES string of the molecule is Nc1[nH]c(=O)c(C(=O)O)c(-c2ccccc2Br)c1C(=O)O. The summed E-state index contributed by atoms with van der Waals surface area (Å²) >= 11 is 3.21. The van der Waals surface area contributed by atoms with Crippen LogP contribution in [0.2, 0.25) is 0 Å². The molecule has 0 spiro atoms. The van der Waals surface area contributed by atoms with E-state index in [9.17, 15) is 24.6 Å². The molecule has 0 saturated heterocycles. The maximum Gasteiger partial charge on any atom is 0.342 e. The molecule has 0 aliphatic heterocycles. The van der Waals surface area contributed by atoms with Crippen LogP contribution in [0.25, 0.3) is 11.1 Å². The van der Waals surface area contributed by atoms with Crippen molar-refractivity contribution >= 4 is 33.7 Å². The fourth-order valence-corrected chi connectivity index (χ4v) is 2.46. The lowest BCUT2D eigenvalue weighted by Crippen LogP contribution is -2.24. The minimum atomic E-state index is -1.54. The van der Waals surface area contributed by atoms with Crippen LogP contribution < -0.4 is 11.3 Å². The number of hydrogen-bond donors (Lipinski definition) is 4. The fraction of sp³-hybridized carbons (Fsp3) is 0. The minimum Gasteiger partial charge on any atom is -0.478 e. The van der Waals surface area contributed by atoms with Gasteiger partial charge in [0.1, 0.15) is 16.9 Å². The van der Waals surface area contributed by atoms with E-state index in [2.05, 4.69) is 15.9 Å². The Hall–Kier alpha value is -2.61. The minimum absolute atomic E-state index is 0.233. The van der Waals surface area contributed by atoms with Gasteiger partial charge in [-0.15, -0.1) is 0 Å². The van der Waals surface area contributed by atoms with E-state index in [1.54, 1.807) is 18.2 Å². The first-order chi connectivity index (χ1) is 9.84. The third-order valence-electron chi connectivity index (χ3n) is 2.82. The first kappa shape index (κ1) is 14.8. The van der Waals surface area contributed by atoms with Crippen molar-refractivity contribution in [2.75, 3.05) is 5.73 Å². The van der Waals surface area contributed by atoms with E-state index in [0.717, 1.165) is 0 Å². The number of carboxylic acids is 2. The van der Waals surface area contributed by atoms with E-state index in [-0.39, 0.29) is 11.1 Å². The van der Waals surface area contributed by atoms with Crippen molar-refractivity contribution < 1.29 is 19.8 Å². The molecule has 0 fully saturated rings. The summed E-state index contributed by atoms with van der Waals surface area (Å²) in [5, 5.41) is 18.5. The Balaban J connectivity index is 3.04. The molecule has 108 valence electrons. The molecule has 21 heavy (non-hydrogen) atoms. The smallest absolute Gasteiger partial charge is 0.342 e. The summed E-state index contributed by atoms with van der Waals surface area (Å²) in [6.07, 6.45) is 0. The van der Waals surface area contributed by atoms with Crippen LogP contribution in [0.1, 0.15) is 20.7 Å². The Bertz CT molecular complexity index is 813. The number of nitrogens with one attached hydrogen (secondary N) is 1. The first-order valence-electron chi connectivity index (χ1n) is 5.61. The lowest BCUT2D eigenvalue weighted by molar-refractivity contribution is 0.0695. The number of aromatic carboxylic acids is 2. The Morgan fingerprint density at radius 3 is 2.19 bits per heavy atom. The topological polar surface area (TPSA) is 133 Å². The molecule has 0 radical (unpaired) electrons. The van der Waals surface area contributed by atoms with Gasteiger partial charge in [0.15, 0.2) is 0 Å². The van der Waals surface area contributed by atoms with E-state index in [1.807, 2.05) is 4.98 Å². The molecule has 5 N–H and O–H groups in total. The zero-order valence-electron chi connectivity index (χ0n) is 10.4. The van der Waals surface area contributed by atoms with Crippen molar-refractivity contribution in [1.29, 1.82) is 0 Å². The number of pyridine rings is 1. The lowest BCUT2D eigenvalue weighted by Gasteiger charge is -2.13. The van der Waals surface area contributed by atoms with Crippen LogP contribution >= 0.6 is 15.9 Å². The van der Waals surface area contributed by atoms with Gasteiger partial charge in [0, 0.05) is 10.0 Å². The number of hydrogen-bond acceptors (Lipinski definition) is 4. The first-order valence-corrected chi connectivity index (χ1v) is 6.41. The highest BCUT2D eigenvalue weighted by atomic mass is 79.9. The highest BCUT2D eigenvalue weighted by Crippen LogP contribution is 2.34. The number of rotatable bonds is 3. The second kappa shape index (κ2) is 5.41. The Morgan fingerprint density at radius 2 is 1.67 bits per heavy atom. The van der Waals surface area contributed by atoms with E-state index in [1.165, 1.54) is 6.07 Å². The van der Waals surface area contributed by atoms with Gasteiger partial charge in [0.25, 0.3) is 5.56 Å². The molecule has 0 aliphatic rings. The molecule has 2 aromatic rings. The molecule has 8 heteroatoms. The summed E-state index contributed by atoms with van der Waals surface area (Å²) in [5.41, 5.74) is 3.46. The molecule has 0 amide bonds. The molecule has 7 nitrogen and oxygen atoms in total. The largest absolute Gasteiger partial charge is 0.478 e. The number of carbonyl (C=O) groups is 2. The van der Waals surface area contributed by atoms with Gasteiger partial charge >= 0.3 is 11.9 Å². The molecule has 1 aromatic carbocycles. The summed E-state index contributed by atoms with van der Waals surface area (Å²) in [7, 11) is 0. The van der Waals surface area contributed by atoms with Gasteiger partial charge in [0.05, 0.1) is 0 Å². The Morgan fingerprint density at radius 1 is 1.10 bits per heavy atom. The van der Waals surface area contributed by atoms with Gasteiger partial charge in [0.2, 0.25) is 0 Å². The van der Waals surface area contributed by atoms with Crippen LogP contribution in [0, 0.1) is 0 Å². The number of halogens is 1. The van der Waals surface area contributed by atoms with Crippen LogP contribution in [0.4, 0.5) is 5.82 Å². The maximum atomic E-state index is 11.8. The van der Waals surface area contributed by atoms with Gasteiger partial charge in [-0.05, 0) is 11.6 Å². The molecular formula is C13H9BrN2O5. The van der Waals surface area contributed by atoms with Gasteiger partial charge in [-0.1, -0.05) is 34.1 Å². The van der Waals surface area contributed by atoms with Gasteiger partial charge in [-0.25, -0.2) is 9.59 Å². The van der Waals surface area contributed by atoms with Crippen molar-refractivity contribution in [3.8, 4) is 11.1 Å². The highest BCUT2D eigenvalue weighted by molar-refractivity contribution is 9.10. The number of nitrogen functional groups attached to an aromatic ring is 1. The molecule has 0 saturated carbocycles. The number of H-pyrrole nitrogens is 1. The molecule has 0 unspecified atom stereocenters. The average Bonchev–Trinajstić information content (AvgIpc) is 2.37. The molecule has 1 aromatic heterocycles. The summed E-state index contributed by atoms with van der Waals surface area (Å²) in [5.74, 6) is -3.37. The Labute approximate surface area is 126 Å². The standard InChI is InChI=1S/C13H9BrN2O5/c14-6-4-2-1-3-5(6)7-8(12(18)19)10(15)16-11(17)9(7)13(20)21/h1-4H,(H,18,19)(H,20,21)(H3,15,16,17). The summed E-state index contributed by atoms with van der Waals surface area (Å²) < 4.78 is 0.444. The fourth-order valence-electron chi connectivity index (χ4n) is 1.98. The van der Waals surface area contributed by atoms with E-state index in [0.29, 0.717) is 4.47 Å². The molecule has 0 atom stereocenters. The third kappa shape index (κ3) is 2.52. The van der Waals surface area contributed by atoms with Crippen molar-refractivity contribution in [3.63, 3.8) is 0 Å². The zero-order valence-corrected chi connectivity index (χ0v) is 12.0. The van der Waals surface area contributed by atoms with Crippen molar-refractivity contribution in [2.24, 2.45) is 0 Å². The Kier molecular flexibility index (Phi) is 3.81. The van der Waals surface area contributed by atoms with Crippen LogP contribution in [-0.4, -0.2) is 27.1 Å². The normalized spacial score (nSPS) is 10.3. The lowest BCUT2D eigenvalue weighted by atomic mass is 9.95. The summed E-state index contributed by atoms with van der Waals surface area (Å²) in [6, 6.07) is 6.36. The molecule has 1 heterocycles. The zero-order chi connectivity index (χ0) is 15.7. The van der Waals surface area contributed by atoms with Crippen molar-refractivity contribution in [2.45, 2.75) is 0 Å². The molecule has 0 bridgehead atoms. The van der Waals surface area contributed by atoms with Crippen LogP contribution in [0.5, 0.6) is 0 Å². The third-order valence-corrected chi connectivity index (χ3v) is 3.51. The quantitative estimate of drug-likeness (QED) is 0.665. The predicted molar refractivity (Wildman–Crippen MR) is 78.5 cm³/mol. The van der Waals surface area contributed by atoms with Crippen LogP contribution in [0.3, 0.4) is 0 Å². The number of nitrogens with two attached hydrogens (primary N) is 1. The molecular weight excluding hydrogens is 344 g/mol. The van der Waals surface area contributed by atoms with Gasteiger partial charge < -0.3 is 20.9 Å². The summed E-state index contributed by atoms with van der Waals surface area (Å²) in [4.78, 5) is 36.6.